The van der Waals surface area contributed by atoms with Gasteiger partial charge in [-0.25, -0.2) is 0 Å². The SMILES string of the molecule is CC(C)(C(=O)NC1CCC(N)CC1)c1cccc(Br)c1.Cl. The summed E-state index contributed by atoms with van der Waals surface area (Å²) in [7, 11) is 0. The molecule has 5 heteroatoms. The number of rotatable bonds is 3. The van der Waals surface area contributed by atoms with Crippen molar-refractivity contribution in [2.24, 2.45) is 5.73 Å². The van der Waals surface area contributed by atoms with Crippen molar-refractivity contribution >= 4 is 34.2 Å². The molecule has 1 aromatic carbocycles. The number of carbonyl (C=O) groups excluding carboxylic acids is 1. The van der Waals surface area contributed by atoms with Crippen LogP contribution in [0.5, 0.6) is 0 Å². The molecule has 21 heavy (non-hydrogen) atoms. The lowest BCUT2D eigenvalue weighted by molar-refractivity contribution is -0.126. The van der Waals surface area contributed by atoms with E-state index in [9.17, 15) is 4.79 Å². The third-order valence-electron chi connectivity index (χ3n) is 4.22. The Kier molecular flexibility index (Phi) is 6.70. The van der Waals surface area contributed by atoms with E-state index >= 15 is 0 Å². The third-order valence-corrected chi connectivity index (χ3v) is 4.71. The van der Waals surface area contributed by atoms with E-state index in [1.165, 1.54) is 0 Å². The van der Waals surface area contributed by atoms with Crippen LogP contribution >= 0.6 is 28.3 Å². The highest BCUT2D eigenvalue weighted by molar-refractivity contribution is 9.10. The van der Waals surface area contributed by atoms with Gasteiger partial charge in [0.15, 0.2) is 0 Å². The van der Waals surface area contributed by atoms with Gasteiger partial charge in [-0.15, -0.1) is 12.4 Å². The lowest BCUT2D eigenvalue weighted by Gasteiger charge is -2.31. The first kappa shape index (κ1) is 18.5. The summed E-state index contributed by atoms with van der Waals surface area (Å²) >= 11 is 3.46. The van der Waals surface area contributed by atoms with E-state index in [1.54, 1.807) is 0 Å². The van der Waals surface area contributed by atoms with Crippen LogP contribution in [-0.4, -0.2) is 18.0 Å². The smallest absolute Gasteiger partial charge is 0.230 e. The molecule has 1 aliphatic rings. The van der Waals surface area contributed by atoms with Crippen LogP contribution in [0.15, 0.2) is 28.7 Å². The molecule has 0 atom stereocenters. The van der Waals surface area contributed by atoms with Gasteiger partial charge in [0.1, 0.15) is 0 Å². The minimum absolute atomic E-state index is 0. The van der Waals surface area contributed by atoms with Crippen molar-refractivity contribution in [1.82, 2.24) is 5.32 Å². The van der Waals surface area contributed by atoms with Crippen molar-refractivity contribution in [2.45, 2.75) is 57.0 Å². The van der Waals surface area contributed by atoms with Crippen LogP contribution in [0.25, 0.3) is 0 Å². The molecule has 3 nitrogen and oxygen atoms in total. The summed E-state index contributed by atoms with van der Waals surface area (Å²) in [5.74, 6) is 0.0936. The fraction of sp³-hybridized carbons (Fsp3) is 0.562. The van der Waals surface area contributed by atoms with Gasteiger partial charge in [-0.2, -0.15) is 0 Å². The van der Waals surface area contributed by atoms with Crippen LogP contribution in [0.2, 0.25) is 0 Å². The monoisotopic (exact) mass is 374 g/mol. The second-order valence-corrected chi connectivity index (χ2v) is 7.14. The Bertz CT molecular complexity index is 485. The van der Waals surface area contributed by atoms with E-state index in [-0.39, 0.29) is 24.4 Å². The third kappa shape index (κ3) is 4.70. The fourth-order valence-electron chi connectivity index (χ4n) is 2.64. The highest BCUT2D eigenvalue weighted by Crippen LogP contribution is 2.27. The average Bonchev–Trinajstić information content (AvgIpc) is 2.41. The second kappa shape index (κ2) is 7.61. The molecule has 0 spiro atoms. The van der Waals surface area contributed by atoms with Gasteiger partial charge < -0.3 is 11.1 Å². The normalized spacial score (nSPS) is 22.3. The molecule has 1 amide bonds. The molecule has 118 valence electrons. The van der Waals surface area contributed by atoms with E-state index < -0.39 is 5.41 Å². The Morgan fingerprint density at radius 2 is 1.90 bits per heavy atom. The van der Waals surface area contributed by atoms with Crippen LogP contribution in [-0.2, 0) is 10.2 Å². The predicted octanol–water partition coefficient (Wildman–Crippen LogP) is 3.53. The fourth-order valence-corrected chi connectivity index (χ4v) is 3.04. The number of amides is 1. The van der Waals surface area contributed by atoms with Gasteiger partial charge in [-0.1, -0.05) is 28.1 Å². The molecule has 0 radical (unpaired) electrons. The highest BCUT2D eigenvalue weighted by atomic mass is 79.9. The zero-order chi connectivity index (χ0) is 14.8. The largest absolute Gasteiger partial charge is 0.353 e. The Balaban J connectivity index is 0.00000220. The zero-order valence-electron chi connectivity index (χ0n) is 12.6. The first-order valence-corrected chi connectivity index (χ1v) is 8.01. The van der Waals surface area contributed by atoms with Crippen molar-refractivity contribution in [2.75, 3.05) is 0 Å². The number of hydrogen-bond acceptors (Lipinski definition) is 2. The van der Waals surface area contributed by atoms with Crippen LogP contribution in [0.4, 0.5) is 0 Å². The molecule has 0 bridgehead atoms. The quantitative estimate of drug-likeness (QED) is 0.849. The van der Waals surface area contributed by atoms with Crippen LogP contribution < -0.4 is 11.1 Å². The summed E-state index contributed by atoms with van der Waals surface area (Å²) in [4.78, 5) is 12.6. The molecule has 2 rings (SSSR count). The minimum Gasteiger partial charge on any atom is -0.353 e. The molecule has 1 aliphatic carbocycles. The van der Waals surface area contributed by atoms with Gasteiger partial charge in [0.25, 0.3) is 0 Å². The number of nitrogens with two attached hydrogens (primary N) is 1. The Labute approximate surface area is 141 Å². The summed E-state index contributed by atoms with van der Waals surface area (Å²) in [6.45, 7) is 3.94. The van der Waals surface area contributed by atoms with Crippen LogP contribution in [0, 0.1) is 0 Å². The van der Waals surface area contributed by atoms with Crippen molar-refractivity contribution < 1.29 is 4.79 Å². The molecular weight excluding hydrogens is 352 g/mol. The lowest BCUT2D eigenvalue weighted by Crippen LogP contribution is -2.47. The molecule has 0 aromatic heterocycles. The maximum absolute atomic E-state index is 12.6. The number of carbonyl (C=O) groups is 1. The average molecular weight is 376 g/mol. The van der Waals surface area contributed by atoms with Gasteiger partial charge in [0.05, 0.1) is 5.41 Å². The Hall–Kier alpha value is -0.580. The molecular formula is C16H24BrClN2O. The Morgan fingerprint density at radius 3 is 2.48 bits per heavy atom. The Morgan fingerprint density at radius 1 is 1.29 bits per heavy atom. The summed E-state index contributed by atoms with van der Waals surface area (Å²) in [6, 6.07) is 8.53. The van der Waals surface area contributed by atoms with Crippen molar-refractivity contribution in [3.63, 3.8) is 0 Å². The van der Waals surface area contributed by atoms with Gasteiger partial charge >= 0.3 is 0 Å². The first-order valence-electron chi connectivity index (χ1n) is 7.22. The summed E-state index contributed by atoms with van der Waals surface area (Å²) in [5.41, 5.74) is 6.40. The predicted molar refractivity (Wildman–Crippen MR) is 92.8 cm³/mol. The molecule has 1 fully saturated rings. The van der Waals surface area contributed by atoms with Gasteiger partial charge in [-0.05, 0) is 57.2 Å². The summed E-state index contributed by atoms with van der Waals surface area (Å²) < 4.78 is 1.000. The maximum Gasteiger partial charge on any atom is 0.230 e. The lowest BCUT2D eigenvalue weighted by atomic mass is 9.82. The van der Waals surface area contributed by atoms with Gasteiger partial charge in [-0.3, -0.25) is 4.79 Å². The molecule has 1 aromatic rings. The van der Waals surface area contributed by atoms with E-state index in [0.29, 0.717) is 6.04 Å². The topological polar surface area (TPSA) is 55.1 Å². The zero-order valence-corrected chi connectivity index (χ0v) is 15.0. The molecule has 0 unspecified atom stereocenters. The van der Waals surface area contributed by atoms with Crippen LogP contribution in [0.3, 0.4) is 0 Å². The number of nitrogens with one attached hydrogen (secondary N) is 1. The molecule has 1 saturated carbocycles. The van der Waals surface area contributed by atoms with Crippen molar-refractivity contribution in [1.29, 1.82) is 0 Å². The van der Waals surface area contributed by atoms with E-state index in [4.69, 9.17) is 5.73 Å². The van der Waals surface area contributed by atoms with Crippen molar-refractivity contribution in [3.05, 3.63) is 34.3 Å². The van der Waals surface area contributed by atoms with Gasteiger partial charge in [0, 0.05) is 16.6 Å². The van der Waals surface area contributed by atoms with E-state index in [0.717, 1.165) is 35.7 Å². The number of benzene rings is 1. The van der Waals surface area contributed by atoms with Gasteiger partial charge in [0.2, 0.25) is 5.91 Å². The molecule has 0 saturated heterocycles. The maximum atomic E-state index is 12.6. The molecule has 3 N–H and O–H groups in total. The second-order valence-electron chi connectivity index (χ2n) is 6.22. The molecule has 0 heterocycles. The van der Waals surface area contributed by atoms with E-state index in [1.807, 2.05) is 38.1 Å². The summed E-state index contributed by atoms with van der Waals surface area (Å²) in [6.07, 6.45) is 3.98. The summed E-state index contributed by atoms with van der Waals surface area (Å²) in [5, 5.41) is 3.19. The molecule has 0 aliphatic heterocycles. The van der Waals surface area contributed by atoms with Crippen LogP contribution in [0.1, 0.15) is 45.1 Å². The van der Waals surface area contributed by atoms with E-state index in [2.05, 4.69) is 21.2 Å². The number of hydrogen-bond donors (Lipinski definition) is 2. The number of halogens is 2. The highest BCUT2D eigenvalue weighted by Gasteiger charge is 2.32. The standard InChI is InChI=1S/C16H23BrN2O.ClH/c1-16(2,11-4-3-5-12(17)10-11)15(20)19-14-8-6-13(18)7-9-14;/h3-5,10,13-14H,6-9,18H2,1-2H3,(H,19,20);1H. The minimum atomic E-state index is -0.524. The first-order chi connectivity index (χ1) is 9.39. The van der Waals surface area contributed by atoms with Crippen molar-refractivity contribution in [3.8, 4) is 0 Å².